The fourth-order valence-corrected chi connectivity index (χ4v) is 2.26. The van der Waals surface area contributed by atoms with Gasteiger partial charge in [0.05, 0.1) is 5.60 Å². The maximum absolute atomic E-state index is 11.1. The van der Waals surface area contributed by atoms with Crippen molar-refractivity contribution in [1.82, 2.24) is 10.2 Å². The number of likely N-dealkylation sites (tertiary alicyclic amines) is 1. The van der Waals surface area contributed by atoms with Crippen LogP contribution >= 0.6 is 0 Å². The van der Waals surface area contributed by atoms with E-state index in [-0.39, 0.29) is 11.5 Å². The average molecular weight is 243 g/mol. The molecule has 0 aromatic rings. The Balaban J connectivity index is 2.21. The van der Waals surface area contributed by atoms with Gasteiger partial charge in [0.1, 0.15) is 0 Å². The third kappa shape index (κ3) is 4.26. The van der Waals surface area contributed by atoms with E-state index in [9.17, 15) is 4.79 Å². The number of carbonyl (C=O) groups is 1. The lowest BCUT2D eigenvalue weighted by molar-refractivity contribution is -0.120. The van der Waals surface area contributed by atoms with Gasteiger partial charge >= 0.3 is 0 Å². The molecule has 1 rings (SSSR count). The second-order valence-electron chi connectivity index (χ2n) is 4.71. The van der Waals surface area contributed by atoms with Crippen LogP contribution in [0.3, 0.4) is 0 Å². The predicted molar refractivity (Wildman–Crippen MR) is 67.8 cm³/mol. The van der Waals surface area contributed by atoms with Crippen molar-refractivity contribution in [2.24, 2.45) is 5.73 Å². The van der Waals surface area contributed by atoms with Crippen LogP contribution in [0.25, 0.3) is 0 Å². The number of amides is 1. The van der Waals surface area contributed by atoms with E-state index in [0.717, 1.165) is 38.9 Å². The smallest absolute Gasteiger partial charge is 0.219 e. The first-order valence-corrected chi connectivity index (χ1v) is 6.34. The first-order valence-electron chi connectivity index (χ1n) is 6.34. The number of ether oxygens (including phenoxy) is 1. The van der Waals surface area contributed by atoms with Crippen molar-refractivity contribution in [3.8, 4) is 0 Å². The van der Waals surface area contributed by atoms with Crippen molar-refractivity contribution in [2.45, 2.75) is 31.3 Å². The number of nitrogens with zero attached hydrogens (tertiary/aromatic N) is 1. The summed E-state index contributed by atoms with van der Waals surface area (Å²) < 4.78 is 5.52. The molecule has 1 heterocycles. The fourth-order valence-electron chi connectivity index (χ4n) is 2.26. The Labute approximate surface area is 104 Å². The molecule has 0 atom stereocenters. The van der Waals surface area contributed by atoms with Crippen LogP contribution in [0.1, 0.15) is 25.7 Å². The van der Waals surface area contributed by atoms with E-state index in [1.165, 1.54) is 0 Å². The van der Waals surface area contributed by atoms with Crippen LogP contribution < -0.4 is 11.1 Å². The molecular weight excluding hydrogens is 218 g/mol. The van der Waals surface area contributed by atoms with Crippen LogP contribution in [0.4, 0.5) is 0 Å². The minimum absolute atomic E-state index is 0.114. The van der Waals surface area contributed by atoms with Gasteiger partial charge in [-0.1, -0.05) is 0 Å². The first kappa shape index (κ1) is 14.4. The summed E-state index contributed by atoms with van der Waals surface area (Å²) >= 11 is 0. The number of piperidine rings is 1. The summed E-state index contributed by atoms with van der Waals surface area (Å²) in [4.78, 5) is 13.5. The van der Waals surface area contributed by atoms with Gasteiger partial charge in [-0.25, -0.2) is 0 Å². The normalized spacial score (nSPS) is 20.2. The zero-order valence-corrected chi connectivity index (χ0v) is 11.0. The Kier molecular flexibility index (Phi) is 5.88. The third-order valence-corrected chi connectivity index (χ3v) is 3.73. The molecule has 0 aromatic carbocycles. The summed E-state index contributed by atoms with van der Waals surface area (Å²) in [6.07, 6.45) is 3.50. The number of hydrogen-bond acceptors (Lipinski definition) is 4. The van der Waals surface area contributed by atoms with E-state index >= 15 is 0 Å². The quantitative estimate of drug-likeness (QED) is 0.686. The summed E-state index contributed by atoms with van der Waals surface area (Å²) in [6, 6.07) is 0. The van der Waals surface area contributed by atoms with Crippen molar-refractivity contribution in [2.75, 3.05) is 40.3 Å². The second kappa shape index (κ2) is 6.93. The number of rotatable bonds is 6. The molecule has 0 spiro atoms. The molecule has 1 fully saturated rings. The largest absolute Gasteiger partial charge is 0.377 e. The molecule has 0 aromatic heterocycles. The minimum atomic E-state index is -0.114. The topological polar surface area (TPSA) is 67.6 Å². The summed E-state index contributed by atoms with van der Waals surface area (Å²) in [5.74, 6) is 0.121. The molecule has 5 heteroatoms. The van der Waals surface area contributed by atoms with E-state index in [4.69, 9.17) is 10.5 Å². The Morgan fingerprint density at radius 1 is 1.47 bits per heavy atom. The lowest BCUT2D eigenvalue weighted by Gasteiger charge is -2.40. The Hall–Kier alpha value is -0.650. The summed E-state index contributed by atoms with van der Waals surface area (Å²) in [7, 11) is 3.42. The van der Waals surface area contributed by atoms with Crippen LogP contribution in [-0.2, 0) is 9.53 Å². The molecule has 17 heavy (non-hydrogen) atoms. The molecule has 0 aliphatic carbocycles. The van der Waals surface area contributed by atoms with E-state index < -0.39 is 0 Å². The molecule has 1 aliphatic heterocycles. The van der Waals surface area contributed by atoms with Crippen LogP contribution in [0, 0.1) is 0 Å². The molecule has 100 valence electrons. The SMILES string of the molecule is CNC(=O)CCCN1CCC(CN)(OC)CC1. The fraction of sp³-hybridized carbons (Fsp3) is 0.917. The number of nitrogens with two attached hydrogens (primary N) is 1. The van der Waals surface area contributed by atoms with Gasteiger partial charge in [-0.15, -0.1) is 0 Å². The lowest BCUT2D eigenvalue weighted by atomic mass is 9.91. The van der Waals surface area contributed by atoms with Gasteiger partial charge in [0.25, 0.3) is 0 Å². The molecule has 0 unspecified atom stereocenters. The highest BCUT2D eigenvalue weighted by Gasteiger charge is 2.32. The molecule has 0 saturated carbocycles. The lowest BCUT2D eigenvalue weighted by Crippen LogP contribution is -2.50. The highest BCUT2D eigenvalue weighted by atomic mass is 16.5. The van der Waals surface area contributed by atoms with Crippen LogP contribution in [-0.4, -0.2) is 56.7 Å². The molecule has 0 bridgehead atoms. The molecular formula is C12H25N3O2. The average Bonchev–Trinajstić information content (AvgIpc) is 2.39. The van der Waals surface area contributed by atoms with Crippen LogP contribution in [0.5, 0.6) is 0 Å². The number of methoxy groups -OCH3 is 1. The Morgan fingerprint density at radius 3 is 2.59 bits per heavy atom. The van der Waals surface area contributed by atoms with Crippen molar-refractivity contribution in [3.05, 3.63) is 0 Å². The van der Waals surface area contributed by atoms with E-state index in [2.05, 4.69) is 10.2 Å². The van der Waals surface area contributed by atoms with Gasteiger partial charge in [-0.2, -0.15) is 0 Å². The van der Waals surface area contributed by atoms with E-state index in [0.29, 0.717) is 13.0 Å². The highest BCUT2D eigenvalue weighted by Crippen LogP contribution is 2.24. The number of carbonyl (C=O) groups excluding carboxylic acids is 1. The van der Waals surface area contributed by atoms with Gasteiger partial charge in [-0.05, 0) is 25.8 Å². The van der Waals surface area contributed by atoms with Gasteiger partial charge < -0.3 is 20.7 Å². The number of hydrogen-bond donors (Lipinski definition) is 2. The summed E-state index contributed by atoms with van der Waals surface area (Å²) in [5.41, 5.74) is 5.64. The Bertz CT molecular complexity index is 232. The van der Waals surface area contributed by atoms with Gasteiger partial charge in [-0.3, -0.25) is 4.79 Å². The zero-order valence-electron chi connectivity index (χ0n) is 11.0. The molecule has 5 nitrogen and oxygen atoms in total. The summed E-state index contributed by atoms with van der Waals surface area (Å²) in [6.45, 7) is 3.60. The molecule has 1 aliphatic rings. The van der Waals surface area contributed by atoms with Crippen LogP contribution in [0.15, 0.2) is 0 Å². The monoisotopic (exact) mass is 243 g/mol. The maximum atomic E-state index is 11.1. The van der Waals surface area contributed by atoms with Crippen molar-refractivity contribution < 1.29 is 9.53 Å². The van der Waals surface area contributed by atoms with Crippen molar-refractivity contribution in [1.29, 1.82) is 0 Å². The Morgan fingerprint density at radius 2 is 2.12 bits per heavy atom. The van der Waals surface area contributed by atoms with E-state index in [1.54, 1.807) is 14.2 Å². The van der Waals surface area contributed by atoms with Crippen LogP contribution in [0.2, 0.25) is 0 Å². The molecule has 0 radical (unpaired) electrons. The minimum Gasteiger partial charge on any atom is -0.377 e. The summed E-state index contributed by atoms with van der Waals surface area (Å²) in [5, 5.41) is 2.64. The van der Waals surface area contributed by atoms with Gasteiger partial charge in [0.2, 0.25) is 5.91 Å². The predicted octanol–water partition coefficient (Wildman–Crippen LogP) is -0.0477. The van der Waals surface area contributed by atoms with E-state index in [1.807, 2.05) is 0 Å². The molecule has 3 N–H and O–H groups in total. The van der Waals surface area contributed by atoms with Gasteiger partial charge in [0.15, 0.2) is 0 Å². The molecule has 1 saturated heterocycles. The first-order chi connectivity index (χ1) is 8.15. The maximum Gasteiger partial charge on any atom is 0.219 e. The van der Waals surface area contributed by atoms with Crippen molar-refractivity contribution in [3.63, 3.8) is 0 Å². The third-order valence-electron chi connectivity index (χ3n) is 3.73. The second-order valence-corrected chi connectivity index (χ2v) is 4.71. The zero-order chi connectivity index (χ0) is 12.7. The van der Waals surface area contributed by atoms with Crippen molar-refractivity contribution >= 4 is 5.91 Å². The van der Waals surface area contributed by atoms with Gasteiger partial charge in [0, 0.05) is 40.2 Å². The highest BCUT2D eigenvalue weighted by molar-refractivity contribution is 5.75. The number of nitrogens with one attached hydrogen (secondary N) is 1. The standard InChI is InChI=1S/C12H25N3O2/c1-14-11(16)4-3-7-15-8-5-12(10-13,17-2)6-9-15/h3-10,13H2,1-2H3,(H,14,16). The molecule has 1 amide bonds.